The number of aromatic nitrogens is 3. The summed E-state index contributed by atoms with van der Waals surface area (Å²) in [6, 6.07) is 8.79. The second kappa shape index (κ2) is 5.42. The third-order valence-corrected chi connectivity index (χ3v) is 3.76. The first kappa shape index (κ1) is 15.8. The maximum absolute atomic E-state index is 12.9. The van der Waals surface area contributed by atoms with Gasteiger partial charge in [0.05, 0.1) is 16.5 Å². The Hall–Kier alpha value is -3.67. The number of nitrogens with one attached hydrogen (secondary N) is 1. The van der Waals surface area contributed by atoms with Gasteiger partial charge in [0.15, 0.2) is 16.8 Å². The zero-order valence-electron chi connectivity index (χ0n) is 12.8. The third kappa shape index (κ3) is 2.48. The molecule has 0 aliphatic heterocycles. The predicted octanol–water partition coefficient (Wildman–Crippen LogP) is 3.62. The lowest BCUT2D eigenvalue weighted by atomic mass is 10.1. The van der Waals surface area contributed by atoms with Crippen LogP contribution in [0, 0.1) is 11.3 Å². The highest BCUT2D eigenvalue weighted by Gasteiger charge is 2.35. The summed E-state index contributed by atoms with van der Waals surface area (Å²) in [5, 5.41) is 8.91. The smallest absolute Gasteiger partial charge is 0.449 e. The number of H-pyrrole nitrogens is 1. The summed E-state index contributed by atoms with van der Waals surface area (Å²) in [5.41, 5.74) is 0.0853. The normalized spacial score (nSPS) is 11.8. The van der Waals surface area contributed by atoms with Crippen molar-refractivity contribution >= 4 is 22.0 Å². The molecule has 0 saturated carbocycles. The number of hydrogen-bond donors (Lipinski definition) is 1. The van der Waals surface area contributed by atoms with Crippen LogP contribution in [0.5, 0.6) is 0 Å². The lowest BCUT2D eigenvalue weighted by Crippen LogP contribution is -2.06. The van der Waals surface area contributed by atoms with Crippen LogP contribution >= 0.6 is 0 Å². The van der Waals surface area contributed by atoms with Gasteiger partial charge in [0.2, 0.25) is 5.82 Å². The van der Waals surface area contributed by atoms with Crippen LogP contribution in [0.1, 0.15) is 11.4 Å². The standard InChI is InChI=1S/C17H7F3N4O2/c18-17(19,20)16-23-11-4-2-9-12(25)5-13(26-15(9)14(11)24-16)10-3-1-8(6-21)7-22-10/h1-5,7H,(H,23,24). The summed E-state index contributed by atoms with van der Waals surface area (Å²) >= 11 is 0. The van der Waals surface area contributed by atoms with E-state index in [9.17, 15) is 18.0 Å². The number of nitrogens with zero attached hydrogens (tertiary/aromatic N) is 3. The highest BCUT2D eigenvalue weighted by molar-refractivity contribution is 6.00. The number of imidazole rings is 1. The molecule has 26 heavy (non-hydrogen) atoms. The maximum Gasteiger partial charge on any atom is 0.449 e. The number of fused-ring (bicyclic) bond motifs is 3. The Morgan fingerprint density at radius 2 is 2.00 bits per heavy atom. The molecule has 0 unspecified atom stereocenters. The largest absolute Gasteiger partial charge is 0.452 e. The number of hydrogen-bond acceptors (Lipinski definition) is 5. The molecule has 0 aliphatic carbocycles. The molecule has 0 aliphatic rings. The molecule has 128 valence electrons. The molecule has 6 nitrogen and oxygen atoms in total. The molecule has 0 radical (unpaired) electrons. The lowest BCUT2D eigenvalue weighted by molar-refractivity contribution is -0.144. The monoisotopic (exact) mass is 356 g/mol. The van der Waals surface area contributed by atoms with Crippen molar-refractivity contribution < 1.29 is 17.6 Å². The summed E-state index contributed by atoms with van der Waals surface area (Å²) in [7, 11) is 0. The molecule has 0 spiro atoms. The number of nitriles is 1. The molecule has 0 atom stereocenters. The first-order valence-corrected chi connectivity index (χ1v) is 7.27. The summed E-state index contributed by atoms with van der Waals surface area (Å²) in [6.07, 6.45) is -3.35. The number of pyridine rings is 1. The van der Waals surface area contributed by atoms with Crippen molar-refractivity contribution in [3.63, 3.8) is 0 Å². The Morgan fingerprint density at radius 3 is 2.65 bits per heavy atom. The summed E-state index contributed by atoms with van der Waals surface area (Å²) in [6.45, 7) is 0. The quantitative estimate of drug-likeness (QED) is 0.562. The topological polar surface area (TPSA) is 95.6 Å². The highest BCUT2D eigenvalue weighted by Crippen LogP contribution is 2.31. The summed E-state index contributed by atoms with van der Waals surface area (Å²) < 4.78 is 44.3. The van der Waals surface area contributed by atoms with Crippen LogP contribution in [-0.4, -0.2) is 15.0 Å². The van der Waals surface area contributed by atoms with Gasteiger partial charge in [0.25, 0.3) is 0 Å². The fourth-order valence-corrected chi connectivity index (χ4v) is 2.55. The molecule has 4 rings (SSSR count). The van der Waals surface area contributed by atoms with Gasteiger partial charge in [-0.15, -0.1) is 0 Å². The van der Waals surface area contributed by atoms with E-state index in [1.54, 1.807) is 0 Å². The highest BCUT2D eigenvalue weighted by atomic mass is 19.4. The minimum absolute atomic E-state index is 0.0658. The van der Waals surface area contributed by atoms with Gasteiger partial charge in [-0.3, -0.25) is 9.78 Å². The van der Waals surface area contributed by atoms with E-state index in [0.29, 0.717) is 5.56 Å². The molecule has 0 saturated heterocycles. The van der Waals surface area contributed by atoms with Crippen molar-refractivity contribution in [2.45, 2.75) is 6.18 Å². The fourth-order valence-electron chi connectivity index (χ4n) is 2.55. The second-order valence-electron chi connectivity index (χ2n) is 5.44. The van der Waals surface area contributed by atoms with Crippen LogP contribution in [0.2, 0.25) is 0 Å². The van der Waals surface area contributed by atoms with Crippen LogP contribution in [0.3, 0.4) is 0 Å². The molecule has 3 aromatic heterocycles. The Morgan fingerprint density at radius 1 is 1.19 bits per heavy atom. The van der Waals surface area contributed by atoms with E-state index in [1.165, 1.54) is 36.5 Å². The Bertz CT molecular complexity index is 1250. The molecule has 0 fully saturated rings. The minimum atomic E-state index is -4.65. The third-order valence-electron chi connectivity index (χ3n) is 3.76. The van der Waals surface area contributed by atoms with E-state index in [0.717, 1.165) is 0 Å². The number of alkyl halides is 3. The van der Waals surface area contributed by atoms with E-state index in [4.69, 9.17) is 9.68 Å². The zero-order valence-corrected chi connectivity index (χ0v) is 12.8. The second-order valence-corrected chi connectivity index (χ2v) is 5.44. The van der Waals surface area contributed by atoms with Gasteiger partial charge in [0, 0.05) is 12.3 Å². The number of rotatable bonds is 1. The van der Waals surface area contributed by atoms with E-state index >= 15 is 0 Å². The zero-order chi connectivity index (χ0) is 18.5. The first-order valence-electron chi connectivity index (χ1n) is 7.27. The number of benzene rings is 1. The molecule has 1 N–H and O–H groups in total. The van der Waals surface area contributed by atoms with Gasteiger partial charge in [0.1, 0.15) is 17.3 Å². The summed E-state index contributed by atoms with van der Waals surface area (Å²) in [4.78, 5) is 22.1. The van der Waals surface area contributed by atoms with Crippen molar-refractivity contribution in [2.75, 3.05) is 0 Å². The van der Waals surface area contributed by atoms with Crippen LogP contribution < -0.4 is 5.43 Å². The molecule has 9 heteroatoms. The van der Waals surface area contributed by atoms with Crippen LogP contribution in [0.15, 0.2) is 45.7 Å². The fraction of sp³-hybridized carbons (Fsp3) is 0.0588. The Balaban J connectivity index is 1.99. The molecular weight excluding hydrogens is 349 g/mol. The van der Waals surface area contributed by atoms with Crippen molar-refractivity contribution in [1.29, 1.82) is 5.26 Å². The average molecular weight is 356 g/mol. The molecule has 0 amide bonds. The van der Waals surface area contributed by atoms with Gasteiger partial charge < -0.3 is 9.40 Å². The minimum Gasteiger partial charge on any atom is -0.452 e. The number of aromatic amines is 1. The lowest BCUT2D eigenvalue weighted by Gasteiger charge is -2.03. The van der Waals surface area contributed by atoms with Crippen molar-refractivity contribution in [1.82, 2.24) is 15.0 Å². The Labute approximate surface area is 142 Å². The maximum atomic E-state index is 12.9. The summed E-state index contributed by atoms with van der Waals surface area (Å²) in [5.74, 6) is -1.11. The van der Waals surface area contributed by atoms with Crippen molar-refractivity contribution in [3.05, 3.63) is 58.1 Å². The first-order chi connectivity index (χ1) is 12.4. The predicted molar refractivity (Wildman–Crippen MR) is 85.1 cm³/mol. The van der Waals surface area contributed by atoms with E-state index < -0.39 is 17.4 Å². The number of halogens is 3. The molecule has 3 heterocycles. The average Bonchev–Trinajstić information content (AvgIpc) is 3.07. The molecule has 0 bridgehead atoms. The molecule has 4 aromatic rings. The van der Waals surface area contributed by atoms with Crippen LogP contribution in [-0.2, 0) is 6.18 Å². The molecular formula is C17H7F3N4O2. The van der Waals surface area contributed by atoms with Crippen molar-refractivity contribution in [3.8, 4) is 17.5 Å². The van der Waals surface area contributed by atoms with E-state index in [2.05, 4.69) is 15.0 Å². The Kier molecular flexibility index (Phi) is 3.30. The van der Waals surface area contributed by atoms with Gasteiger partial charge in [-0.1, -0.05) is 0 Å². The van der Waals surface area contributed by atoms with Crippen molar-refractivity contribution in [2.24, 2.45) is 0 Å². The van der Waals surface area contributed by atoms with E-state index in [-0.39, 0.29) is 33.5 Å². The molecule has 1 aromatic carbocycles. The van der Waals surface area contributed by atoms with Crippen LogP contribution in [0.4, 0.5) is 13.2 Å². The van der Waals surface area contributed by atoms with E-state index in [1.807, 2.05) is 6.07 Å². The van der Waals surface area contributed by atoms with Gasteiger partial charge in [-0.2, -0.15) is 18.4 Å². The van der Waals surface area contributed by atoms with Gasteiger partial charge >= 0.3 is 6.18 Å². The van der Waals surface area contributed by atoms with Crippen LogP contribution in [0.25, 0.3) is 33.5 Å². The van der Waals surface area contributed by atoms with Gasteiger partial charge in [-0.05, 0) is 24.3 Å². The van der Waals surface area contributed by atoms with Gasteiger partial charge in [-0.25, -0.2) is 4.98 Å². The SMILES string of the molecule is N#Cc1ccc(-c2cc(=O)c3ccc4[nH]c(C(F)(F)F)nc4c3o2)nc1.